The summed E-state index contributed by atoms with van der Waals surface area (Å²) in [6.07, 6.45) is 0. The normalized spacial score (nSPS) is 11.2. The van der Waals surface area contributed by atoms with E-state index >= 15 is 0 Å². The molecular weight excluding hydrogens is 372 g/mol. The summed E-state index contributed by atoms with van der Waals surface area (Å²) in [6, 6.07) is 12.4. The third-order valence-electron chi connectivity index (χ3n) is 6.34. The zero-order valence-electron chi connectivity index (χ0n) is 19.1. The number of rotatable bonds is 5. The van der Waals surface area contributed by atoms with Crippen LogP contribution in [0.3, 0.4) is 0 Å². The van der Waals surface area contributed by atoms with Gasteiger partial charge in [0.2, 0.25) is 0 Å². The molecule has 3 nitrogen and oxygen atoms in total. The summed E-state index contributed by atoms with van der Waals surface area (Å²) in [5.41, 5.74) is 9.21. The lowest BCUT2D eigenvalue weighted by Crippen LogP contribution is -2.10. The van der Waals surface area contributed by atoms with Crippen LogP contribution in [0.15, 0.2) is 36.4 Å². The number of phenolic OH excluding ortho intramolecular Hbond substituents is 2. The van der Waals surface area contributed by atoms with Crippen LogP contribution in [0.4, 0.5) is 0 Å². The maximum absolute atomic E-state index is 10.5. The first-order chi connectivity index (χ1) is 14.2. The number of ether oxygens (including phenoxy) is 1. The number of hydrogen-bond donors (Lipinski definition) is 2. The second kappa shape index (κ2) is 8.43. The summed E-state index contributed by atoms with van der Waals surface area (Å²) in [4.78, 5) is 0. The lowest BCUT2D eigenvalue weighted by molar-refractivity contribution is 0.340. The lowest BCUT2D eigenvalue weighted by Gasteiger charge is -2.26. The third-order valence-corrected chi connectivity index (χ3v) is 6.34. The molecule has 3 aromatic rings. The van der Waals surface area contributed by atoms with Crippen molar-refractivity contribution in [3.8, 4) is 17.2 Å². The highest BCUT2D eigenvalue weighted by Crippen LogP contribution is 2.42. The second-order valence-electron chi connectivity index (χ2n) is 8.20. The molecule has 30 heavy (non-hydrogen) atoms. The largest absolute Gasteiger partial charge is 0.507 e. The number of phenols is 2. The fourth-order valence-corrected chi connectivity index (χ4v) is 4.25. The minimum Gasteiger partial charge on any atom is -0.507 e. The molecule has 3 aromatic carbocycles. The Balaban J connectivity index is 2.32. The van der Waals surface area contributed by atoms with E-state index in [0.29, 0.717) is 18.1 Å². The Bertz CT molecular complexity index is 1020. The van der Waals surface area contributed by atoms with Crippen molar-refractivity contribution < 1.29 is 14.9 Å². The molecular formula is C27H32O3. The smallest absolute Gasteiger partial charge is 0.121 e. The van der Waals surface area contributed by atoms with Crippen LogP contribution in [0.2, 0.25) is 0 Å². The summed E-state index contributed by atoms with van der Waals surface area (Å²) < 4.78 is 5.64. The van der Waals surface area contributed by atoms with Gasteiger partial charge < -0.3 is 14.9 Å². The van der Waals surface area contributed by atoms with Crippen molar-refractivity contribution in [3.63, 3.8) is 0 Å². The Labute approximate surface area is 180 Å². The van der Waals surface area contributed by atoms with Crippen molar-refractivity contribution in [1.82, 2.24) is 0 Å². The third kappa shape index (κ3) is 3.77. The summed E-state index contributed by atoms with van der Waals surface area (Å²) >= 11 is 0. The van der Waals surface area contributed by atoms with Crippen molar-refractivity contribution in [2.24, 2.45) is 0 Å². The minimum atomic E-state index is -0.0170. The predicted octanol–water partition coefficient (Wildman–Crippen LogP) is 6.53. The molecule has 3 rings (SSSR count). The van der Waals surface area contributed by atoms with Crippen molar-refractivity contribution in [1.29, 1.82) is 0 Å². The Morgan fingerprint density at radius 2 is 1.13 bits per heavy atom. The van der Waals surface area contributed by atoms with E-state index in [9.17, 15) is 10.2 Å². The second-order valence-corrected chi connectivity index (χ2v) is 8.20. The van der Waals surface area contributed by atoms with Gasteiger partial charge >= 0.3 is 0 Å². The molecule has 0 bridgehead atoms. The number of benzene rings is 3. The average Bonchev–Trinajstić information content (AvgIpc) is 2.73. The SMILES string of the molecule is CCOc1ccc(C(c2cc(C)c(O)c(C)c2C)c2cc(C)c(O)c(C)c2C)cc1. The summed E-state index contributed by atoms with van der Waals surface area (Å²) in [7, 11) is 0. The molecule has 0 aromatic heterocycles. The molecule has 0 saturated heterocycles. The van der Waals surface area contributed by atoms with E-state index in [-0.39, 0.29) is 5.92 Å². The van der Waals surface area contributed by atoms with Gasteiger partial charge in [-0.15, -0.1) is 0 Å². The highest BCUT2D eigenvalue weighted by Gasteiger charge is 2.25. The molecule has 0 spiro atoms. The van der Waals surface area contributed by atoms with Crippen LogP contribution in [0.1, 0.15) is 62.9 Å². The summed E-state index contributed by atoms with van der Waals surface area (Å²) in [5.74, 6) is 1.55. The van der Waals surface area contributed by atoms with Crippen LogP contribution >= 0.6 is 0 Å². The first-order valence-corrected chi connectivity index (χ1v) is 10.5. The molecule has 0 aliphatic rings. The standard InChI is InChI=1S/C27H32O3/c1-8-30-22-11-9-21(10-12-22)25(23-13-15(2)26(28)19(6)17(23)4)24-14-16(3)27(29)20(7)18(24)5/h9-14,25,28-29H,8H2,1-7H3. The summed E-state index contributed by atoms with van der Waals surface area (Å²) in [5, 5.41) is 20.9. The van der Waals surface area contributed by atoms with E-state index in [1.165, 1.54) is 11.1 Å². The molecule has 0 radical (unpaired) electrons. The van der Waals surface area contributed by atoms with Gasteiger partial charge in [-0.2, -0.15) is 0 Å². The molecule has 0 aliphatic carbocycles. The minimum absolute atomic E-state index is 0.0170. The van der Waals surface area contributed by atoms with E-state index in [0.717, 1.165) is 44.7 Å². The van der Waals surface area contributed by atoms with Gasteiger partial charge in [0.25, 0.3) is 0 Å². The molecule has 0 amide bonds. The first kappa shape index (κ1) is 21.8. The molecule has 0 heterocycles. The number of aromatic hydroxyl groups is 2. The van der Waals surface area contributed by atoms with E-state index in [1.54, 1.807) is 0 Å². The highest BCUT2D eigenvalue weighted by molar-refractivity contribution is 5.59. The van der Waals surface area contributed by atoms with Gasteiger partial charge in [-0.05, 0) is 111 Å². The van der Waals surface area contributed by atoms with Crippen molar-refractivity contribution in [2.45, 2.75) is 54.4 Å². The maximum atomic E-state index is 10.5. The van der Waals surface area contributed by atoms with E-state index in [1.807, 2.05) is 46.8 Å². The van der Waals surface area contributed by atoms with Crippen LogP contribution < -0.4 is 4.74 Å². The van der Waals surface area contributed by atoms with Gasteiger partial charge in [0.15, 0.2) is 0 Å². The quantitative estimate of drug-likeness (QED) is 0.476. The van der Waals surface area contributed by atoms with Crippen LogP contribution in [-0.4, -0.2) is 16.8 Å². The maximum Gasteiger partial charge on any atom is 0.121 e. The Morgan fingerprint density at radius 3 is 1.53 bits per heavy atom. The topological polar surface area (TPSA) is 49.7 Å². The monoisotopic (exact) mass is 404 g/mol. The van der Waals surface area contributed by atoms with Crippen LogP contribution in [0.25, 0.3) is 0 Å². The van der Waals surface area contributed by atoms with E-state index in [4.69, 9.17) is 4.74 Å². The van der Waals surface area contributed by atoms with Gasteiger partial charge in [-0.25, -0.2) is 0 Å². The van der Waals surface area contributed by atoms with Crippen LogP contribution in [0.5, 0.6) is 17.2 Å². The fourth-order valence-electron chi connectivity index (χ4n) is 4.25. The Kier molecular flexibility index (Phi) is 6.12. The van der Waals surface area contributed by atoms with Crippen molar-refractivity contribution >= 4 is 0 Å². The fraction of sp³-hybridized carbons (Fsp3) is 0.333. The van der Waals surface area contributed by atoms with Gasteiger partial charge in [0, 0.05) is 5.92 Å². The number of aryl methyl sites for hydroxylation is 2. The Hall–Kier alpha value is -2.94. The van der Waals surface area contributed by atoms with Crippen molar-refractivity contribution in [3.05, 3.63) is 86.5 Å². The zero-order valence-corrected chi connectivity index (χ0v) is 19.1. The predicted molar refractivity (Wildman–Crippen MR) is 123 cm³/mol. The average molecular weight is 405 g/mol. The van der Waals surface area contributed by atoms with Gasteiger partial charge in [-0.1, -0.05) is 24.3 Å². The molecule has 0 fully saturated rings. The van der Waals surface area contributed by atoms with Gasteiger partial charge in [-0.3, -0.25) is 0 Å². The Morgan fingerprint density at radius 1 is 0.700 bits per heavy atom. The van der Waals surface area contributed by atoms with Crippen LogP contribution in [-0.2, 0) is 0 Å². The lowest BCUT2D eigenvalue weighted by atomic mass is 9.78. The molecule has 3 heteroatoms. The van der Waals surface area contributed by atoms with Gasteiger partial charge in [0.05, 0.1) is 6.61 Å². The molecule has 158 valence electrons. The zero-order chi connectivity index (χ0) is 22.2. The molecule has 0 aliphatic heterocycles. The van der Waals surface area contributed by atoms with E-state index < -0.39 is 0 Å². The highest BCUT2D eigenvalue weighted by atomic mass is 16.5. The molecule has 0 unspecified atom stereocenters. The van der Waals surface area contributed by atoms with E-state index in [2.05, 4.69) is 38.1 Å². The molecule has 2 N–H and O–H groups in total. The first-order valence-electron chi connectivity index (χ1n) is 10.5. The van der Waals surface area contributed by atoms with Crippen molar-refractivity contribution in [2.75, 3.05) is 6.61 Å². The summed E-state index contributed by atoms with van der Waals surface area (Å²) in [6.45, 7) is 14.6. The van der Waals surface area contributed by atoms with Crippen LogP contribution in [0, 0.1) is 41.5 Å². The molecule has 0 atom stereocenters. The molecule has 0 saturated carbocycles. The number of hydrogen-bond acceptors (Lipinski definition) is 3. The van der Waals surface area contributed by atoms with Gasteiger partial charge in [0.1, 0.15) is 17.2 Å².